The maximum absolute atomic E-state index is 8.67. The van der Waals surface area contributed by atoms with Gasteiger partial charge in [0, 0.05) is 6.61 Å². The summed E-state index contributed by atoms with van der Waals surface area (Å²) in [6.07, 6.45) is 23.3. The highest BCUT2D eigenvalue weighted by Crippen LogP contribution is 2.13. The van der Waals surface area contributed by atoms with Crippen LogP contribution in [-0.4, -0.2) is 11.7 Å². The number of benzene rings is 1. The highest BCUT2D eigenvalue weighted by molar-refractivity contribution is 5.13. The molecule has 0 unspecified atom stereocenters. The van der Waals surface area contributed by atoms with Crippen LogP contribution >= 0.6 is 0 Å². The van der Waals surface area contributed by atoms with Gasteiger partial charge in [0.25, 0.3) is 0 Å². The van der Waals surface area contributed by atoms with Gasteiger partial charge in [0.2, 0.25) is 0 Å². The molecule has 0 atom stereocenters. The molecule has 0 radical (unpaired) electrons. The first-order chi connectivity index (χ1) is 13.3. The number of aliphatic hydroxyl groups is 1. The van der Waals surface area contributed by atoms with Gasteiger partial charge in [-0.25, -0.2) is 0 Å². The summed E-state index contributed by atoms with van der Waals surface area (Å²) in [5, 5.41) is 8.67. The standard InChI is InChI=1S/C18H38O.C8H10/c1-2-3-4-5-6-7-8-9-10-11-12-13-14-15-16-17-18-19;1-2-8-6-4-3-5-7-8/h19H,2-18H2,1H3;3-7H,2H2,1H3. The number of hydrogen-bond donors (Lipinski definition) is 1. The van der Waals surface area contributed by atoms with Crippen molar-refractivity contribution in [2.45, 2.75) is 123 Å². The van der Waals surface area contributed by atoms with Crippen molar-refractivity contribution < 1.29 is 5.11 Å². The normalized spacial score (nSPS) is 10.5. The second-order valence-electron chi connectivity index (χ2n) is 7.87. The van der Waals surface area contributed by atoms with Crippen LogP contribution in [-0.2, 0) is 6.42 Å². The zero-order chi connectivity index (χ0) is 19.8. The van der Waals surface area contributed by atoms with Crippen LogP contribution in [0.3, 0.4) is 0 Å². The zero-order valence-corrected chi connectivity index (χ0v) is 18.6. The topological polar surface area (TPSA) is 20.2 Å². The molecular weight excluding hydrogens is 328 g/mol. The fourth-order valence-electron chi connectivity index (χ4n) is 3.37. The molecule has 0 spiro atoms. The fraction of sp³-hybridized carbons (Fsp3) is 0.769. The van der Waals surface area contributed by atoms with Crippen LogP contribution in [0.25, 0.3) is 0 Å². The van der Waals surface area contributed by atoms with Gasteiger partial charge in [-0.3, -0.25) is 0 Å². The van der Waals surface area contributed by atoms with Gasteiger partial charge in [-0.1, -0.05) is 140 Å². The smallest absolute Gasteiger partial charge is 0.0431 e. The van der Waals surface area contributed by atoms with Gasteiger partial charge in [-0.05, 0) is 18.4 Å². The summed E-state index contributed by atoms with van der Waals surface area (Å²) in [4.78, 5) is 0. The molecule has 1 aromatic rings. The summed E-state index contributed by atoms with van der Waals surface area (Å²) in [6.45, 7) is 4.82. The summed E-state index contributed by atoms with van der Waals surface area (Å²) < 4.78 is 0. The van der Waals surface area contributed by atoms with E-state index in [-0.39, 0.29) is 0 Å². The molecular formula is C26H48O. The predicted molar refractivity (Wildman–Crippen MR) is 122 cm³/mol. The lowest BCUT2D eigenvalue weighted by atomic mass is 10.0. The van der Waals surface area contributed by atoms with Crippen molar-refractivity contribution in [2.24, 2.45) is 0 Å². The average molecular weight is 377 g/mol. The first-order valence-corrected chi connectivity index (χ1v) is 12.0. The molecule has 0 aliphatic carbocycles. The Labute approximate surface area is 171 Å². The van der Waals surface area contributed by atoms with Gasteiger partial charge in [-0.15, -0.1) is 0 Å². The molecule has 1 heteroatoms. The third-order valence-electron chi connectivity index (χ3n) is 5.26. The Hall–Kier alpha value is -0.820. The Bertz CT molecular complexity index is 344. The highest BCUT2D eigenvalue weighted by atomic mass is 16.2. The van der Waals surface area contributed by atoms with E-state index < -0.39 is 0 Å². The molecule has 0 heterocycles. The van der Waals surface area contributed by atoms with Gasteiger partial charge in [-0.2, -0.15) is 0 Å². The number of unbranched alkanes of at least 4 members (excludes halogenated alkanes) is 15. The van der Waals surface area contributed by atoms with Crippen LogP contribution in [0.1, 0.15) is 122 Å². The Morgan fingerprint density at radius 1 is 0.519 bits per heavy atom. The molecule has 0 bridgehead atoms. The predicted octanol–water partition coefficient (Wildman–Crippen LogP) is 8.49. The molecule has 1 nitrogen and oxygen atoms in total. The van der Waals surface area contributed by atoms with Crippen molar-refractivity contribution in [3.63, 3.8) is 0 Å². The van der Waals surface area contributed by atoms with Crippen molar-refractivity contribution >= 4 is 0 Å². The van der Waals surface area contributed by atoms with E-state index in [0.29, 0.717) is 6.61 Å². The maximum atomic E-state index is 8.67. The summed E-state index contributed by atoms with van der Waals surface area (Å²) in [7, 11) is 0. The van der Waals surface area contributed by atoms with E-state index in [9.17, 15) is 0 Å². The number of aryl methyl sites for hydroxylation is 1. The van der Waals surface area contributed by atoms with Crippen LogP contribution < -0.4 is 0 Å². The lowest BCUT2D eigenvalue weighted by Crippen LogP contribution is -1.85. The third kappa shape index (κ3) is 21.3. The average Bonchev–Trinajstić information content (AvgIpc) is 2.72. The molecule has 27 heavy (non-hydrogen) atoms. The van der Waals surface area contributed by atoms with Crippen LogP contribution in [0, 0.1) is 0 Å². The molecule has 0 fully saturated rings. The van der Waals surface area contributed by atoms with Crippen LogP contribution in [0.2, 0.25) is 0 Å². The van der Waals surface area contributed by atoms with Gasteiger partial charge in [0.1, 0.15) is 0 Å². The molecule has 0 amide bonds. The van der Waals surface area contributed by atoms with Crippen molar-refractivity contribution in [3.05, 3.63) is 35.9 Å². The van der Waals surface area contributed by atoms with Crippen molar-refractivity contribution in [1.82, 2.24) is 0 Å². The number of aliphatic hydroxyl groups excluding tert-OH is 1. The maximum Gasteiger partial charge on any atom is 0.0431 e. The third-order valence-corrected chi connectivity index (χ3v) is 5.26. The minimum atomic E-state index is 0.373. The summed E-state index contributed by atoms with van der Waals surface area (Å²) in [5.74, 6) is 0. The lowest BCUT2D eigenvalue weighted by molar-refractivity contribution is 0.282. The molecule has 0 aliphatic rings. The first kappa shape index (κ1) is 26.2. The van der Waals surface area contributed by atoms with E-state index in [0.717, 1.165) is 12.8 Å². The van der Waals surface area contributed by atoms with E-state index in [1.807, 2.05) is 6.07 Å². The SMILES string of the molecule is CCCCCCCCCCCCCCCCCCO.CCc1ccccc1. The van der Waals surface area contributed by atoms with Gasteiger partial charge in [0.05, 0.1) is 0 Å². The molecule has 1 aromatic carbocycles. The monoisotopic (exact) mass is 376 g/mol. The quantitative estimate of drug-likeness (QED) is 0.270. The van der Waals surface area contributed by atoms with E-state index >= 15 is 0 Å². The van der Waals surface area contributed by atoms with Crippen molar-refractivity contribution in [2.75, 3.05) is 6.61 Å². The summed E-state index contributed by atoms with van der Waals surface area (Å²) in [5.41, 5.74) is 1.41. The Morgan fingerprint density at radius 3 is 1.19 bits per heavy atom. The molecule has 1 N–H and O–H groups in total. The van der Waals surface area contributed by atoms with Crippen LogP contribution in [0.5, 0.6) is 0 Å². The molecule has 1 rings (SSSR count). The van der Waals surface area contributed by atoms with E-state index in [1.54, 1.807) is 0 Å². The van der Waals surface area contributed by atoms with E-state index in [4.69, 9.17) is 5.11 Å². The minimum absolute atomic E-state index is 0.373. The molecule has 158 valence electrons. The van der Waals surface area contributed by atoms with Gasteiger partial charge < -0.3 is 5.11 Å². The Kier molecular flexibility index (Phi) is 22.5. The molecule has 0 saturated heterocycles. The van der Waals surface area contributed by atoms with Crippen molar-refractivity contribution in [1.29, 1.82) is 0 Å². The van der Waals surface area contributed by atoms with E-state index in [1.165, 1.54) is 102 Å². The molecule has 0 aliphatic heterocycles. The second kappa shape index (κ2) is 23.2. The van der Waals surface area contributed by atoms with E-state index in [2.05, 4.69) is 38.1 Å². The first-order valence-electron chi connectivity index (χ1n) is 12.0. The van der Waals surface area contributed by atoms with Gasteiger partial charge >= 0.3 is 0 Å². The van der Waals surface area contributed by atoms with Crippen LogP contribution in [0.4, 0.5) is 0 Å². The Balaban J connectivity index is 0.000000694. The van der Waals surface area contributed by atoms with Crippen LogP contribution in [0.15, 0.2) is 30.3 Å². The van der Waals surface area contributed by atoms with Gasteiger partial charge in [0.15, 0.2) is 0 Å². The Morgan fingerprint density at radius 2 is 0.889 bits per heavy atom. The summed E-state index contributed by atoms with van der Waals surface area (Å²) >= 11 is 0. The number of hydrogen-bond acceptors (Lipinski definition) is 1. The largest absolute Gasteiger partial charge is 0.396 e. The molecule has 0 saturated carbocycles. The van der Waals surface area contributed by atoms with Crippen molar-refractivity contribution in [3.8, 4) is 0 Å². The summed E-state index contributed by atoms with van der Waals surface area (Å²) in [6, 6.07) is 10.5. The number of rotatable bonds is 17. The molecule has 0 aromatic heterocycles. The minimum Gasteiger partial charge on any atom is -0.396 e. The fourth-order valence-corrected chi connectivity index (χ4v) is 3.37. The highest BCUT2D eigenvalue weighted by Gasteiger charge is 1.94. The second-order valence-corrected chi connectivity index (χ2v) is 7.87. The zero-order valence-electron chi connectivity index (χ0n) is 18.6. The lowest BCUT2D eigenvalue weighted by Gasteiger charge is -2.03.